The molecule has 6 heteroatoms. The Balaban J connectivity index is 2.34. The van der Waals surface area contributed by atoms with Crippen molar-refractivity contribution in [3.63, 3.8) is 0 Å². The van der Waals surface area contributed by atoms with Gasteiger partial charge in [-0.1, -0.05) is 16.6 Å². The minimum atomic E-state index is -3.66. The lowest BCUT2D eigenvalue weighted by Gasteiger charge is -2.25. The van der Waals surface area contributed by atoms with Crippen molar-refractivity contribution in [3.8, 4) is 0 Å². The second-order valence-corrected chi connectivity index (χ2v) is 5.98. The van der Waals surface area contributed by atoms with E-state index in [1.165, 1.54) is 19.1 Å². The van der Waals surface area contributed by atoms with E-state index in [-0.39, 0.29) is 10.7 Å². The first kappa shape index (κ1) is 13.2. The third-order valence-electron chi connectivity index (χ3n) is 2.78. The topological polar surface area (TPSA) is 63.7 Å². The van der Waals surface area contributed by atoms with Crippen molar-refractivity contribution in [2.75, 3.05) is 13.2 Å². The second-order valence-electron chi connectivity index (χ2n) is 4.16. The van der Waals surface area contributed by atoms with Crippen LogP contribution in [0, 0.1) is 0 Å². The number of hydrogen-bond acceptors (Lipinski definition) is 4. The Bertz CT molecular complexity index is 547. The Morgan fingerprint density at radius 2 is 2.11 bits per heavy atom. The molecule has 18 heavy (non-hydrogen) atoms. The van der Waals surface area contributed by atoms with Crippen LogP contribution in [0.2, 0.25) is 0 Å². The molecule has 98 valence electrons. The number of benzene rings is 1. The van der Waals surface area contributed by atoms with E-state index in [0.29, 0.717) is 18.7 Å². The lowest BCUT2D eigenvalue weighted by atomic mass is 10.2. The van der Waals surface area contributed by atoms with Gasteiger partial charge in [-0.3, -0.25) is 9.63 Å². The molecule has 0 aliphatic carbocycles. The van der Waals surface area contributed by atoms with Crippen molar-refractivity contribution in [1.82, 2.24) is 4.47 Å². The summed E-state index contributed by atoms with van der Waals surface area (Å²) < 4.78 is 25.5. The van der Waals surface area contributed by atoms with Gasteiger partial charge < -0.3 is 0 Å². The predicted molar refractivity (Wildman–Crippen MR) is 65.5 cm³/mol. The fourth-order valence-corrected chi connectivity index (χ4v) is 3.10. The number of hydrogen-bond donors (Lipinski definition) is 0. The fourth-order valence-electron chi connectivity index (χ4n) is 1.76. The molecule has 0 radical (unpaired) electrons. The van der Waals surface area contributed by atoms with E-state index in [9.17, 15) is 13.2 Å². The summed E-state index contributed by atoms with van der Waals surface area (Å²) in [6.45, 7) is 2.17. The number of Topliss-reactive ketones (excluding diaryl/α,β-unsaturated/α-hetero) is 1. The Morgan fingerprint density at radius 3 is 2.72 bits per heavy atom. The lowest BCUT2D eigenvalue weighted by molar-refractivity contribution is -0.108. The minimum Gasteiger partial charge on any atom is -0.295 e. The number of rotatable bonds is 3. The summed E-state index contributed by atoms with van der Waals surface area (Å²) in [6, 6.07) is 6.02. The first-order valence-electron chi connectivity index (χ1n) is 5.78. The van der Waals surface area contributed by atoms with Gasteiger partial charge in [-0.15, -0.1) is 0 Å². The second kappa shape index (κ2) is 5.17. The van der Waals surface area contributed by atoms with Crippen LogP contribution < -0.4 is 0 Å². The SMILES string of the molecule is CC(=O)c1cccc(S(=O)(=O)N2CCCCO2)c1. The first-order chi connectivity index (χ1) is 8.51. The van der Waals surface area contributed by atoms with Crippen LogP contribution >= 0.6 is 0 Å². The van der Waals surface area contributed by atoms with Gasteiger partial charge in [0.05, 0.1) is 11.5 Å². The standard InChI is InChI=1S/C12H15NO4S/c1-10(14)11-5-4-6-12(9-11)18(15,16)13-7-2-3-8-17-13/h4-6,9H,2-3,7-8H2,1H3. The van der Waals surface area contributed by atoms with Crippen molar-refractivity contribution in [2.45, 2.75) is 24.7 Å². The van der Waals surface area contributed by atoms with Gasteiger partial charge in [0.25, 0.3) is 10.0 Å². The molecular formula is C12H15NO4S. The van der Waals surface area contributed by atoms with Gasteiger partial charge in [0.2, 0.25) is 0 Å². The Labute approximate surface area is 106 Å². The van der Waals surface area contributed by atoms with E-state index in [1.807, 2.05) is 0 Å². The number of ketones is 1. The molecule has 0 unspecified atom stereocenters. The molecule has 1 saturated heterocycles. The third kappa shape index (κ3) is 2.60. The van der Waals surface area contributed by atoms with E-state index in [4.69, 9.17) is 4.84 Å². The molecule has 5 nitrogen and oxygen atoms in total. The Morgan fingerprint density at radius 1 is 1.33 bits per heavy atom. The van der Waals surface area contributed by atoms with Crippen molar-refractivity contribution < 1.29 is 18.0 Å². The fraction of sp³-hybridized carbons (Fsp3) is 0.417. The van der Waals surface area contributed by atoms with Crippen LogP contribution in [0.5, 0.6) is 0 Å². The lowest BCUT2D eigenvalue weighted by Crippen LogP contribution is -2.35. The molecule has 1 aliphatic rings. The molecule has 0 amide bonds. The van der Waals surface area contributed by atoms with Crippen LogP contribution in [0.15, 0.2) is 29.2 Å². The van der Waals surface area contributed by atoms with Crippen LogP contribution in [0.25, 0.3) is 0 Å². The zero-order valence-corrected chi connectivity index (χ0v) is 10.9. The van der Waals surface area contributed by atoms with Crippen LogP contribution in [0.3, 0.4) is 0 Å². The van der Waals surface area contributed by atoms with Crippen molar-refractivity contribution in [3.05, 3.63) is 29.8 Å². The number of nitrogens with zero attached hydrogens (tertiary/aromatic N) is 1. The molecule has 0 spiro atoms. The van der Waals surface area contributed by atoms with E-state index < -0.39 is 10.0 Å². The van der Waals surface area contributed by atoms with Crippen LogP contribution in [0.4, 0.5) is 0 Å². The molecule has 0 aromatic heterocycles. The molecular weight excluding hydrogens is 254 g/mol. The molecule has 1 aromatic carbocycles. The summed E-state index contributed by atoms with van der Waals surface area (Å²) >= 11 is 0. The molecule has 1 aromatic rings. The summed E-state index contributed by atoms with van der Waals surface area (Å²) in [6.07, 6.45) is 1.64. The Kier molecular flexibility index (Phi) is 3.79. The van der Waals surface area contributed by atoms with E-state index in [2.05, 4.69) is 0 Å². The largest absolute Gasteiger partial charge is 0.295 e. The molecule has 0 saturated carbocycles. The summed E-state index contributed by atoms with van der Waals surface area (Å²) in [7, 11) is -3.66. The van der Waals surface area contributed by atoms with Gasteiger partial charge in [-0.05, 0) is 31.9 Å². The van der Waals surface area contributed by atoms with Gasteiger partial charge in [-0.2, -0.15) is 0 Å². The highest BCUT2D eigenvalue weighted by molar-refractivity contribution is 7.89. The average molecular weight is 269 g/mol. The third-order valence-corrected chi connectivity index (χ3v) is 4.45. The first-order valence-corrected chi connectivity index (χ1v) is 7.22. The van der Waals surface area contributed by atoms with Crippen molar-refractivity contribution >= 4 is 15.8 Å². The van der Waals surface area contributed by atoms with Gasteiger partial charge in [0.15, 0.2) is 5.78 Å². The zero-order valence-electron chi connectivity index (χ0n) is 10.1. The molecule has 0 atom stereocenters. The van der Waals surface area contributed by atoms with E-state index >= 15 is 0 Å². The molecule has 2 rings (SSSR count). The number of hydroxylamine groups is 1. The Hall–Kier alpha value is -1.24. The highest BCUT2D eigenvalue weighted by Crippen LogP contribution is 2.20. The summed E-state index contributed by atoms with van der Waals surface area (Å²) in [5, 5.41) is 0. The van der Waals surface area contributed by atoms with Crippen LogP contribution in [-0.4, -0.2) is 31.8 Å². The molecule has 0 N–H and O–H groups in total. The minimum absolute atomic E-state index is 0.0945. The van der Waals surface area contributed by atoms with Crippen molar-refractivity contribution in [1.29, 1.82) is 0 Å². The quantitative estimate of drug-likeness (QED) is 0.782. The van der Waals surface area contributed by atoms with E-state index in [0.717, 1.165) is 17.3 Å². The van der Waals surface area contributed by atoms with Crippen molar-refractivity contribution in [2.24, 2.45) is 0 Å². The summed E-state index contributed by atoms with van der Waals surface area (Å²) in [5.74, 6) is -0.161. The maximum atomic E-state index is 12.3. The summed E-state index contributed by atoms with van der Waals surface area (Å²) in [5.41, 5.74) is 0.382. The maximum Gasteiger partial charge on any atom is 0.265 e. The maximum absolute atomic E-state index is 12.3. The molecule has 0 bridgehead atoms. The smallest absolute Gasteiger partial charge is 0.265 e. The van der Waals surface area contributed by atoms with Crippen LogP contribution in [-0.2, 0) is 14.9 Å². The predicted octanol–water partition coefficient (Wildman–Crippen LogP) is 1.61. The van der Waals surface area contributed by atoms with Crippen LogP contribution in [0.1, 0.15) is 30.1 Å². The van der Waals surface area contributed by atoms with Gasteiger partial charge in [0.1, 0.15) is 0 Å². The zero-order chi connectivity index (χ0) is 13.2. The molecule has 1 heterocycles. The summed E-state index contributed by atoms with van der Waals surface area (Å²) in [4.78, 5) is 16.5. The van der Waals surface area contributed by atoms with Gasteiger partial charge in [0, 0.05) is 12.1 Å². The monoisotopic (exact) mass is 269 g/mol. The number of carbonyl (C=O) groups excluding carboxylic acids is 1. The van der Waals surface area contributed by atoms with E-state index in [1.54, 1.807) is 12.1 Å². The molecule has 1 aliphatic heterocycles. The number of carbonyl (C=O) groups is 1. The number of sulfonamides is 1. The molecule has 1 fully saturated rings. The normalized spacial score (nSPS) is 17.6. The average Bonchev–Trinajstić information content (AvgIpc) is 2.40. The highest BCUT2D eigenvalue weighted by Gasteiger charge is 2.27. The highest BCUT2D eigenvalue weighted by atomic mass is 32.2. The van der Waals surface area contributed by atoms with Gasteiger partial charge in [-0.25, -0.2) is 8.42 Å². The van der Waals surface area contributed by atoms with Gasteiger partial charge >= 0.3 is 0 Å².